The number of amides is 1. The number of ketones is 1. The Morgan fingerprint density at radius 2 is 1.88 bits per heavy atom. The summed E-state index contributed by atoms with van der Waals surface area (Å²) in [4.78, 5) is 27.2. The number of Topliss-reactive ketones (excluding diaryl/α,β-unsaturated/α-hetero) is 1. The van der Waals surface area contributed by atoms with E-state index in [1.165, 1.54) is 23.3 Å². The van der Waals surface area contributed by atoms with Crippen molar-refractivity contribution in [2.75, 3.05) is 0 Å². The normalized spacial score (nSPS) is 21.0. The van der Waals surface area contributed by atoms with E-state index in [9.17, 15) is 19.1 Å². The van der Waals surface area contributed by atoms with Crippen LogP contribution in [0.3, 0.4) is 0 Å². The Bertz CT molecular complexity index is 881. The molecule has 1 amide bonds. The molecule has 1 unspecified atom stereocenters. The summed E-state index contributed by atoms with van der Waals surface area (Å²) in [5.41, 5.74) is 0.0775. The Balaban J connectivity index is 1.85. The highest BCUT2D eigenvalue weighted by molar-refractivity contribution is 6.15. The molecule has 2 aromatic rings. The van der Waals surface area contributed by atoms with Crippen LogP contribution < -0.4 is 0 Å². The highest BCUT2D eigenvalue weighted by Gasteiger charge is 2.48. The Morgan fingerprint density at radius 1 is 1.15 bits per heavy atom. The molecule has 0 spiro atoms. The lowest BCUT2D eigenvalue weighted by Gasteiger charge is -2.32. The summed E-state index contributed by atoms with van der Waals surface area (Å²) >= 11 is 0. The van der Waals surface area contributed by atoms with E-state index in [1.54, 1.807) is 24.3 Å². The largest absolute Gasteiger partial charge is 0.503 e. The number of aliphatic hydroxyl groups excluding tert-OH is 1. The summed E-state index contributed by atoms with van der Waals surface area (Å²) in [6.07, 6.45) is 4.80. The number of hydrogen-bond acceptors (Lipinski definition) is 4. The Hall–Kier alpha value is -2.89. The fraction of sp³-hybridized carbons (Fsp3) is 0.300. The molecule has 0 radical (unpaired) electrons. The standard InChI is InChI=1S/C20H18FNO4/c21-14-9-4-3-8-13(14)17-16(18(23)15-10-5-11-26-15)19(24)20(25)22(17)12-6-1-2-7-12/h3-5,8-12,17,24H,1-2,6-7H2. The van der Waals surface area contributed by atoms with Gasteiger partial charge in [0.2, 0.25) is 5.78 Å². The fourth-order valence-electron chi connectivity index (χ4n) is 3.96. The molecule has 1 saturated carbocycles. The molecule has 4 rings (SSSR count). The monoisotopic (exact) mass is 355 g/mol. The van der Waals surface area contributed by atoms with Crippen molar-refractivity contribution in [1.82, 2.24) is 4.90 Å². The van der Waals surface area contributed by atoms with Gasteiger partial charge in [-0.2, -0.15) is 0 Å². The molecule has 1 atom stereocenters. The molecule has 1 fully saturated rings. The summed E-state index contributed by atoms with van der Waals surface area (Å²) in [5.74, 6) is -2.36. The quantitative estimate of drug-likeness (QED) is 0.844. The summed E-state index contributed by atoms with van der Waals surface area (Å²) in [6, 6.07) is 7.96. The minimum absolute atomic E-state index is 0.00830. The zero-order valence-corrected chi connectivity index (χ0v) is 14.0. The van der Waals surface area contributed by atoms with Gasteiger partial charge < -0.3 is 14.4 Å². The number of rotatable bonds is 4. The smallest absolute Gasteiger partial charge is 0.290 e. The topological polar surface area (TPSA) is 70.8 Å². The van der Waals surface area contributed by atoms with Crippen LogP contribution in [0.15, 0.2) is 58.4 Å². The molecule has 1 aliphatic carbocycles. The highest BCUT2D eigenvalue weighted by atomic mass is 19.1. The fourth-order valence-corrected chi connectivity index (χ4v) is 3.96. The lowest BCUT2D eigenvalue weighted by atomic mass is 9.94. The van der Waals surface area contributed by atoms with E-state index < -0.39 is 29.3 Å². The predicted octanol–water partition coefficient (Wildman–Crippen LogP) is 3.94. The van der Waals surface area contributed by atoms with Crippen molar-refractivity contribution >= 4 is 11.7 Å². The molecular formula is C20H18FNO4. The first kappa shape index (κ1) is 16.6. The number of halogens is 1. The van der Waals surface area contributed by atoms with Crippen LogP contribution in [0.4, 0.5) is 4.39 Å². The first-order chi connectivity index (χ1) is 12.6. The molecule has 1 aliphatic heterocycles. The van der Waals surface area contributed by atoms with Gasteiger partial charge in [0.05, 0.1) is 17.9 Å². The van der Waals surface area contributed by atoms with E-state index in [2.05, 4.69) is 0 Å². The summed E-state index contributed by atoms with van der Waals surface area (Å²) in [5, 5.41) is 10.5. The van der Waals surface area contributed by atoms with Gasteiger partial charge in [-0.15, -0.1) is 0 Å². The predicted molar refractivity (Wildman–Crippen MR) is 90.9 cm³/mol. The van der Waals surface area contributed by atoms with Crippen molar-refractivity contribution in [3.63, 3.8) is 0 Å². The van der Waals surface area contributed by atoms with Crippen molar-refractivity contribution in [2.45, 2.75) is 37.8 Å². The number of furan rings is 1. The average Bonchev–Trinajstić information content (AvgIpc) is 3.37. The second-order valence-corrected chi connectivity index (χ2v) is 6.64. The maximum atomic E-state index is 14.6. The maximum Gasteiger partial charge on any atom is 0.290 e. The molecule has 2 aliphatic rings. The number of benzene rings is 1. The third-order valence-corrected chi connectivity index (χ3v) is 5.15. The van der Waals surface area contributed by atoms with E-state index in [-0.39, 0.29) is 22.9 Å². The molecule has 0 saturated heterocycles. The molecule has 0 bridgehead atoms. The maximum absolute atomic E-state index is 14.6. The molecule has 2 heterocycles. The molecule has 26 heavy (non-hydrogen) atoms. The molecule has 1 aromatic carbocycles. The van der Waals surface area contributed by atoms with Crippen molar-refractivity contribution in [2.24, 2.45) is 0 Å². The molecule has 134 valence electrons. The Labute approximate surface area is 149 Å². The van der Waals surface area contributed by atoms with Crippen molar-refractivity contribution < 1.29 is 23.5 Å². The van der Waals surface area contributed by atoms with E-state index in [4.69, 9.17) is 4.42 Å². The van der Waals surface area contributed by atoms with Gasteiger partial charge in [-0.3, -0.25) is 9.59 Å². The lowest BCUT2D eigenvalue weighted by Crippen LogP contribution is -2.39. The zero-order valence-electron chi connectivity index (χ0n) is 14.0. The SMILES string of the molecule is O=C(C1=C(O)C(=O)N(C2CCCC2)C1c1ccccc1F)c1ccco1. The van der Waals surface area contributed by atoms with Crippen LogP contribution in [0.5, 0.6) is 0 Å². The van der Waals surface area contributed by atoms with E-state index in [0.717, 1.165) is 25.7 Å². The van der Waals surface area contributed by atoms with Crippen LogP contribution in [-0.2, 0) is 4.79 Å². The number of nitrogens with zero attached hydrogens (tertiary/aromatic N) is 1. The third kappa shape index (κ3) is 2.53. The summed E-state index contributed by atoms with van der Waals surface area (Å²) in [6.45, 7) is 0. The summed E-state index contributed by atoms with van der Waals surface area (Å²) in [7, 11) is 0. The van der Waals surface area contributed by atoms with Crippen LogP contribution in [0, 0.1) is 5.82 Å². The Kier molecular flexibility index (Phi) is 4.11. The molecule has 5 nitrogen and oxygen atoms in total. The molecule has 1 N–H and O–H groups in total. The lowest BCUT2D eigenvalue weighted by molar-refractivity contribution is -0.131. The van der Waals surface area contributed by atoms with Gasteiger partial charge in [-0.05, 0) is 31.0 Å². The minimum Gasteiger partial charge on any atom is -0.503 e. The average molecular weight is 355 g/mol. The van der Waals surface area contributed by atoms with Crippen molar-refractivity contribution in [1.29, 1.82) is 0 Å². The third-order valence-electron chi connectivity index (χ3n) is 5.15. The van der Waals surface area contributed by atoms with Crippen LogP contribution in [0.2, 0.25) is 0 Å². The number of carbonyl (C=O) groups is 2. The van der Waals surface area contributed by atoms with Crippen LogP contribution in [0.25, 0.3) is 0 Å². The number of aliphatic hydroxyl groups is 1. The molecular weight excluding hydrogens is 337 g/mol. The zero-order chi connectivity index (χ0) is 18.3. The summed E-state index contributed by atoms with van der Waals surface area (Å²) < 4.78 is 19.7. The minimum atomic E-state index is -0.954. The molecule has 6 heteroatoms. The van der Waals surface area contributed by atoms with E-state index in [0.29, 0.717) is 0 Å². The van der Waals surface area contributed by atoms with Crippen LogP contribution in [0.1, 0.15) is 47.8 Å². The van der Waals surface area contributed by atoms with Gasteiger partial charge in [0.1, 0.15) is 5.82 Å². The van der Waals surface area contributed by atoms with Crippen molar-refractivity contribution in [3.8, 4) is 0 Å². The van der Waals surface area contributed by atoms with Crippen LogP contribution >= 0.6 is 0 Å². The van der Waals surface area contributed by atoms with Gasteiger partial charge in [-0.25, -0.2) is 4.39 Å². The number of carbonyl (C=O) groups excluding carboxylic acids is 2. The Morgan fingerprint density at radius 3 is 2.54 bits per heavy atom. The number of hydrogen-bond donors (Lipinski definition) is 1. The second-order valence-electron chi connectivity index (χ2n) is 6.64. The molecule has 1 aromatic heterocycles. The van der Waals surface area contributed by atoms with Gasteiger partial charge in [-0.1, -0.05) is 31.0 Å². The van der Waals surface area contributed by atoms with Gasteiger partial charge >= 0.3 is 0 Å². The second kappa shape index (κ2) is 6.44. The van der Waals surface area contributed by atoms with E-state index >= 15 is 0 Å². The van der Waals surface area contributed by atoms with Gasteiger partial charge in [0, 0.05) is 11.6 Å². The first-order valence-electron chi connectivity index (χ1n) is 8.68. The van der Waals surface area contributed by atoms with E-state index in [1.807, 2.05) is 0 Å². The first-order valence-corrected chi connectivity index (χ1v) is 8.68. The highest BCUT2D eigenvalue weighted by Crippen LogP contribution is 2.43. The van der Waals surface area contributed by atoms with Gasteiger partial charge in [0.25, 0.3) is 5.91 Å². The van der Waals surface area contributed by atoms with Crippen molar-refractivity contribution in [3.05, 3.63) is 71.1 Å². The van der Waals surface area contributed by atoms with Gasteiger partial charge in [0.15, 0.2) is 11.5 Å². The van der Waals surface area contributed by atoms with Crippen LogP contribution in [-0.4, -0.2) is 27.7 Å².